The summed E-state index contributed by atoms with van der Waals surface area (Å²) in [6.07, 6.45) is 4.06. The molecule has 4 unspecified atom stereocenters. The third-order valence-corrected chi connectivity index (χ3v) is 9.77. The molecule has 1 aliphatic heterocycles. The molecule has 2 heterocycles. The first-order chi connectivity index (χ1) is 27.5. The van der Waals surface area contributed by atoms with Crippen molar-refractivity contribution in [2.24, 2.45) is 11.3 Å². The van der Waals surface area contributed by atoms with Crippen molar-refractivity contribution in [1.82, 2.24) is 31.4 Å². The van der Waals surface area contributed by atoms with E-state index < -0.39 is 75.4 Å². The Labute approximate surface area is 361 Å². The zero-order valence-corrected chi connectivity index (χ0v) is 37.0. The fourth-order valence-electron chi connectivity index (χ4n) is 6.16. The maximum absolute atomic E-state index is 14.0. The van der Waals surface area contributed by atoms with Crippen LogP contribution in [0, 0.1) is 11.3 Å². The van der Waals surface area contributed by atoms with E-state index in [9.17, 15) is 24.0 Å². The van der Waals surface area contributed by atoms with E-state index in [0.29, 0.717) is 24.1 Å². The highest BCUT2D eigenvalue weighted by molar-refractivity contribution is 6.67. The van der Waals surface area contributed by atoms with Gasteiger partial charge in [-0.25, -0.2) is 10.2 Å². The van der Waals surface area contributed by atoms with Crippen molar-refractivity contribution < 1.29 is 33.4 Å². The number of aromatic nitrogens is 1. The molecule has 4 amide bonds. The molecule has 1 aromatic heterocycles. The Bertz CT molecular complexity index is 2000. The average molecular weight is 874 g/mol. The summed E-state index contributed by atoms with van der Waals surface area (Å²) in [6.45, 7) is 14.1. The number of benzene rings is 2. The molecule has 0 aliphatic carbocycles. The van der Waals surface area contributed by atoms with E-state index in [0.717, 1.165) is 16.5 Å². The predicted octanol–water partition coefficient (Wildman–Crippen LogP) is 7.14. The Kier molecular flexibility index (Phi) is 16.2. The summed E-state index contributed by atoms with van der Waals surface area (Å²) < 4.78 is 8.74. The average Bonchev–Trinajstić information content (AvgIpc) is 3.16. The Morgan fingerprint density at radius 1 is 0.932 bits per heavy atom. The van der Waals surface area contributed by atoms with Crippen LogP contribution in [-0.4, -0.2) is 80.4 Å². The SMILES string of the molecule is CC(NC(=O)OC(C)(C)C)c1ccc2ccc(C=CC(C)(C)C(=O)NC(C(=O)NC(Cc3ccccc3)C(=O)N3CCCC(C(=O)OCC(Cl)(Cl)Cl)N3)C(C)C)cc2n1. The largest absolute Gasteiger partial charge is 0.460 e. The van der Waals surface area contributed by atoms with E-state index in [1.165, 1.54) is 5.01 Å². The number of amides is 4. The van der Waals surface area contributed by atoms with Gasteiger partial charge in [-0.3, -0.25) is 29.2 Å². The number of rotatable bonds is 14. The van der Waals surface area contributed by atoms with E-state index in [4.69, 9.17) is 49.3 Å². The van der Waals surface area contributed by atoms with Crippen molar-refractivity contribution in [1.29, 1.82) is 0 Å². The van der Waals surface area contributed by atoms with Gasteiger partial charge >= 0.3 is 12.1 Å². The van der Waals surface area contributed by atoms with Crippen LogP contribution in [0.15, 0.2) is 66.7 Å². The summed E-state index contributed by atoms with van der Waals surface area (Å²) >= 11 is 17.2. The highest BCUT2D eigenvalue weighted by atomic mass is 35.6. The van der Waals surface area contributed by atoms with Gasteiger partial charge in [0.2, 0.25) is 15.6 Å². The minimum Gasteiger partial charge on any atom is -0.460 e. The normalized spacial score (nSPS) is 16.6. The summed E-state index contributed by atoms with van der Waals surface area (Å²) in [4.78, 5) is 71.7. The number of carbonyl (C=O) groups is 5. The van der Waals surface area contributed by atoms with Crippen molar-refractivity contribution in [2.75, 3.05) is 13.2 Å². The van der Waals surface area contributed by atoms with Crippen molar-refractivity contribution in [3.8, 4) is 0 Å². The van der Waals surface area contributed by atoms with Gasteiger partial charge in [0.05, 0.1) is 22.7 Å². The summed E-state index contributed by atoms with van der Waals surface area (Å²) in [5.41, 5.74) is 4.19. The molecule has 1 aliphatic rings. The monoisotopic (exact) mass is 872 g/mol. The van der Waals surface area contributed by atoms with E-state index in [-0.39, 0.29) is 18.9 Å². The van der Waals surface area contributed by atoms with E-state index in [1.807, 2.05) is 73.7 Å². The molecular weight excluding hydrogens is 819 g/mol. The lowest BCUT2D eigenvalue weighted by atomic mass is 9.89. The lowest BCUT2D eigenvalue weighted by Gasteiger charge is -2.35. The summed E-state index contributed by atoms with van der Waals surface area (Å²) in [7, 11) is 0. The molecule has 0 bridgehead atoms. The third-order valence-electron chi connectivity index (χ3n) is 9.44. The molecule has 2 aromatic carbocycles. The Morgan fingerprint density at radius 2 is 1.61 bits per heavy atom. The second kappa shape index (κ2) is 20.2. The molecule has 4 rings (SSSR count). The minimum atomic E-state index is -1.79. The molecular formula is C43H55Cl3N6O7. The Balaban J connectivity index is 1.46. The fraction of sp³-hybridized carbons (Fsp3) is 0.488. The standard InChI is InChI=1S/C43H55Cl3N6O7/c1-26(2)35(36(53)49-34(24-28-13-10-9-11-14-28)37(54)52-22-12-15-32(51-52)38(55)58-25-43(44,45)46)50-39(56)42(7,8)21-20-29-16-17-30-18-19-31(48-33(30)23-29)27(3)47-40(57)59-41(4,5)6/h9-11,13-14,16-21,23,26-27,32,34-35,51H,12,15,22,24-25H2,1-8H3,(H,47,57)(H,49,53)(H,50,56). The summed E-state index contributed by atoms with van der Waals surface area (Å²) in [5, 5.41) is 10.8. The Morgan fingerprint density at radius 3 is 2.25 bits per heavy atom. The molecule has 0 radical (unpaired) electrons. The molecule has 0 spiro atoms. The Hall–Kier alpha value is -4.43. The van der Waals surface area contributed by atoms with Crippen molar-refractivity contribution in [3.63, 3.8) is 0 Å². The van der Waals surface area contributed by atoms with E-state index in [1.54, 1.807) is 54.5 Å². The molecule has 16 heteroatoms. The van der Waals surface area contributed by atoms with Crippen LogP contribution < -0.4 is 21.4 Å². The number of ether oxygens (including phenoxy) is 2. The number of pyridine rings is 1. The van der Waals surface area contributed by atoms with Crippen LogP contribution in [0.2, 0.25) is 0 Å². The van der Waals surface area contributed by atoms with Crippen LogP contribution in [0.1, 0.15) is 91.1 Å². The van der Waals surface area contributed by atoms with Gasteiger partial charge in [-0.05, 0) is 83.6 Å². The molecule has 59 heavy (non-hydrogen) atoms. The summed E-state index contributed by atoms with van der Waals surface area (Å²) in [6, 6.07) is 15.4. The minimum absolute atomic E-state index is 0.153. The highest BCUT2D eigenvalue weighted by Crippen LogP contribution is 2.27. The number of alkyl halides is 3. The van der Waals surface area contributed by atoms with Gasteiger partial charge in [-0.15, -0.1) is 0 Å². The number of nitrogens with zero attached hydrogens (tertiary/aromatic N) is 2. The number of fused-ring (bicyclic) bond motifs is 1. The lowest BCUT2D eigenvalue weighted by molar-refractivity contribution is -0.153. The number of hydrogen-bond donors (Lipinski definition) is 4. The molecule has 3 aromatic rings. The molecule has 1 saturated heterocycles. The van der Waals surface area contributed by atoms with E-state index >= 15 is 0 Å². The number of alkyl carbamates (subject to hydrolysis) is 1. The molecule has 4 N–H and O–H groups in total. The van der Waals surface area contributed by atoms with Crippen LogP contribution >= 0.6 is 34.8 Å². The van der Waals surface area contributed by atoms with Gasteiger partial charge in [0.15, 0.2) is 0 Å². The predicted molar refractivity (Wildman–Crippen MR) is 230 cm³/mol. The number of esters is 1. The second-order valence-corrected chi connectivity index (χ2v) is 19.1. The van der Waals surface area contributed by atoms with Crippen LogP contribution in [0.3, 0.4) is 0 Å². The number of halogens is 3. The van der Waals surface area contributed by atoms with Gasteiger partial charge in [0, 0.05) is 18.4 Å². The van der Waals surface area contributed by atoms with Crippen LogP contribution in [0.5, 0.6) is 0 Å². The molecule has 4 atom stereocenters. The number of carbonyl (C=O) groups excluding carboxylic acids is 5. The van der Waals surface area contributed by atoms with Crippen LogP contribution in [0.4, 0.5) is 4.79 Å². The maximum Gasteiger partial charge on any atom is 0.408 e. The van der Waals surface area contributed by atoms with Crippen molar-refractivity contribution >= 4 is 81.6 Å². The van der Waals surface area contributed by atoms with E-state index in [2.05, 4.69) is 21.4 Å². The van der Waals surface area contributed by atoms with Crippen LogP contribution in [-0.2, 0) is 35.1 Å². The quantitative estimate of drug-likeness (QED) is 0.0973. The smallest absolute Gasteiger partial charge is 0.408 e. The number of hydrazine groups is 1. The molecule has 1 fully saturated rings. The van der Waals surface area contributed by atoms with Gasteiger partial charge < -0.3 is 25.4 Å². The van der Waals surface area contributed by atoms with Crippen molar-refractivity contribution in [3.05, 3.63) is 83.6 Å². The summed E-state index contributed by atoms with van der Waals surface area (Å²) in [5.74, 6) is -2.42. The first-order valence-electron chi connectivity index (χ1n) is 19.6. The van der Waals surface area contributed by atoms with Gasteiger partial charge in [-0.2, -0.15) is 0 Å². The fourth-order valence-corrected chi connectivity index (χ4v) is 6.33. The topological polar surface area (TPSA) is 168 Å². The van der Waals surface area contributed by atoms with Crippen molar-refractivity contribution in [2.45, 2.75) is 108 Å². The van der Waals surface area contributed by atoms with Crippen LogP contribution in [0.25, 0.3) is 17.0 Å². The number of nitrogens with one attached hydrogen (secondary N) is 4. The lowest BCUT2D eigenvalue weighted by Crippen LogP contribution is -2.62. The first kappa shape index (κ1) is 47.3. The molecule has 0 saturated carbocycles. The zero-order chi connectivity index (χ0) is 43.7. The first-order valence-corrected chi connectivity index (χ1v) is 20.7. The van der Waals surface area contributed by atoms with Gasteiger partial charge in [0.25, 0.3) is 5.91 Å². The van der Waals surface area contributed by atoms with Gasteiger partial charge in [-0.1, -0.05) is 109 Å². The molecule has 320 valence electrons. The third kappa shape index (κ3) is 14.7. The van der Waals surface area contributed by atoms with Gasteiger partial charge in [0.1, 0.15) is 30.3 Å². The molecule has 13 nitrogen and oxygen atoms in total. The maximum atomic E-state index is 14.0. The zero-order valence-electron chi connectivity index (χ0n) is 34.7. The highest BCUT2D eigenvalue weighted by Gasteiger charge is 2.37. The second-order valence-electron chi connectivity index (χ2n) is 16.6. The number of hydrogen-bond acceptors (Lipinski definition) is 9.